The van der Waals surface area contributed by atoms with Crippen LogP contribution in [0.3, 0.4) is 0 Å². The lowest BCUT2D eigenvalue weighted by Gasteiger charge is -2.31. The Hall–Kier alpha value is -2.73. The van der Waals surface area contributed by atoms with Crippen molar-refractivity contribution in [2.45, 2.75) is 0 Å². The van der Waals surface area contributed by atoms with Crippen molar-refractivity contribution in [2.24, 2.45) is 0 Å². The van der Waals surface area contributed by atoms with Gasteiger partial charge in [-0.25, -0.2) is 4.98 Å². The molecule has 0 atom stereocenters. The van der Waals surface area contributed by atoms with Crippen LogP contribution in [0.15, 0.2) is 48.7 Å². The summed E-state index contributed by atoms with van der Waals surface area (Å²) in [6.07, 6.45) is 3.25. The Morgan fingerprint density at radius 1 is 1.17 bits per heavy atom. The maximum absolute atomic E-state index is 10.7. The number of nitro groups is 1. The van der Waals surface area contributed by atoms with Crippen molar-refractivity contribution in [3.63, 3.8) is 0 Å². The lowest BCUT2D eigenvalue weighted by molar-refractivity contribution is -0.385. The molecule has 1 aliphatic heterocycles. The largest absolute Gasteiger partial charge is 0.378 e. The first-order valence-electron chi connectivity index (χ1n) is 7.44. The van der Waals surface area contributed by atoms with Crippen LogP contribution >= 0.6 is 0 Å². The fraction of sp³-hybridized carbons (Fsp3) is 0.235. The average Bonchev–Trinajstić information content (AvgIpc) is 2.61. The SMILES string of the molecule is O=[N+]([O-])c1ccc(/C=C(\c2ccccc2)N2CCOCC2)nc1. The van der Waals surface area contributed by atoms with Crippen molar-refractivity contribution >= 4 is 17.5 Å². The molecule has 23 heavy (non-hydrogen) atoms. The number of hydrogen-bond acceptors (Lipinski definition) is 5. The van der Waals surface area contributed by atoms with Gasteiger partial charge in [-0.1, -0.05) is 30.3 Å². The van der Waals surface area contributed by atoms with Gasteiger partial charge >= 0.3 is 0 Å². The maximum Gasteiger partial charge on any atom is 0.287 e. The predicted molar refractivity (Wildman–Crippen MR) is 87.6 cm³/mol. The number of rotatable bonds is 4. The van der Waals surface area contributed by atoms with E-state index in [0.717, 1.165) is 24.4 Å². The van der Waals surface area contributed by atoms with Crippen molar-refractivity contribution in [2.75, 3.05) is 26.3 Å². The molecule has 2 heterocycles. The summed E-state index contributed by atoms with van der Waals surface area (Å²) in [7, 11) is 0. The molecule has 6 heteroatoms. The van der Waals surface area contributed by atoms with Gasteiger partial charge in [-0.2, -0.15) is 0 Å². The van der Waals surface area contributed by atoms with E-state index in [1.165, 1.54) is 12.3 Å². The minimum absolute atomic E-state index is 0.00483. The van der Waals surface area contributed by atoms with E-state index in [1.807, 2.05) is 36.4 Å². The van der Waals surface area contributed by atoms with Crippen LogP contribution < -0.4 is 0 Å². The Bertz CT molecular complexity index is 693. The average molecular weight is 311 g/mol. The first-order chi connectivity index (χ1) is 11.2. The number of benzene rings is 1. The standard InChI is InChI=1S/C17H17N3O3/c21-20(22)16-7-6-15(18-13-16)12-17(14-4-2-1-3-5-14)19-8-10-23-11-9-19/h1-7,12-13H,8-11H2/b17-12+. The fourth-order valence-electron chi connectivity index (χ4n) is 2.50. The van der Waals surface area contributed by atoms with Gasteiger partial charge in [0, 0.05) is 24.9 Å². The van der Waals surface area contributed by atoms with Crippen LogP contribution in [0.25, 0.3) is 11.8 Å². The zero-order chi connectivity index (χ0) is 16.1. The second-order valence-corrected chi connectivity index (χ2v) is 5.19. The maximum atomic E-state index is 10.7. The van der Waals surface area contributed by atoms with E-state index in [1.54, 1.807) is 6.07 Å². The zero-order valence-electron chi connectivity index (χ0n) is 12.6. The van der Waals surface area contributed by atoms with E-state index in [2.05, 4.69) is 9.88 Å². The molecule has 1 aromatic carbocycles. The molecule has 2 aromatic rings. The van der Waals surface area contributed by atoms with Crippen LogP contribution in [0.2, 0.25) is 0 Å². The number of aromatic nitrogens is 1. The summed E-state index contributed by atoms with van der Waals surface area (Å²) in [4.78, 5) is 16.7. The topological polar surface area (TPSA) is 68.5 Å². The van der Waals surface area contributed by atoms with Crippen LogP contribution in [0.1, 0.15) is 11.3 Å². The molecule has 1 aliphatic rings. The Morgan fingerprint density at radius 2 is 1.91 bits per heavy atom. The molecule has 0 N–H and O–H groups in total. The summed E-state index contributed by atoms with van der Waals surface area (Å²) in [6, 6.07) is 13.2. The van der Waals surface area contributed by atoms with Crippen molar-refractivity contribution in [1.29, 1.82) is 0 Å². The second-order valence-electron chi connectivity index (χ2n) is 5.19. The molecule has 3 rings (SSSR count). The first kappa shape index (κ1) is 15.2. The first-order valence-corrected chi connectivity index (χ1v) is 7.44. The molecule has 0 unspecified atom stereocenters. The lowest BCUT2D eigenvalue weighted by Crippen LogP contribution is -2.34. The van der Waals surface area contributed by atoms with Crippen molar-refractivity contribution in [3.05, 3.63) is 70.0 Å². The highest BCUT2D eigenvalue weighted by molar-refractivity contribution is 5.79. The molecule has 0 bridgehead atoms. The lowest BCUT2D eigenvalue weighted by atomic mass is 10.1. The molecule has 118 valence electrons. The summed E-state index contributed by atoms with van der Waals surface area (Å²) < 4.78 is 5.42. The number of hydrogen-bond donors (Lipinski definition) is 0. The van der Waals surface area contributed by atoms with Crippen LogP contribution in [0.5, 0.6) is 0 Å². The summed E-state index contributed by atoms with van der Waals surface area (Å²) in [5.74, 6) is 0. The molecule has 0 aliphatic carbocycles. The van der Waals surface area contributed by atoms with Crippen molar-refractivity contribution < 1.29 is 9.66 Å². The van der Waals surface area contributed by atoms with Gasteiger partial charge in [-0.15, -0.1) is 0 Å². The summed E-state index contributed by atoms with van der Waals surface area (Å²) in [5.41, 5.74) is 2.83. The highest BCUT2D eigenvalue weighted by atomic mass is 16.6. The third-order valence-corrected chi connectivity index (χ3v) is 3.69. The van der Waals surface area contributed by atoms with Crippen molar-refractivity contribution in [3.8, 4) is 0 Å². The number of morpholine rings is 1. The molecule has 1 fully saturated rings. The Morgan fingerprint density at radius 3 is 2.52 bits per heavy atom. The Kier molecular flexibility index (Phi) is 4.63. The third kappa shape index (κ3) is 3.73. The molecular weight excluding hydrogens is 294 g/mol. The molecular formula is C17H17N3O3. The highest BCUT2D eigenvalue weighted by Crippen LogP contribution is 2.23. The van der Waals surface area contributed by atoms with E-state index in [-0.39, 0.29) is 5.69 Å². The Labute approximate surface area is 134 Å². The molecule has 1 saturated heterocycles. The normalized spacial score (nSPS) is 15.5. The molecule has 0 radical (unpaired) electrons. The zero-order valence-corrected chi connectivity index (χ0v) is 12.6. The van der Waals surface area contributed by atoms with Gasteiger partial charge in [0.25, 0.3) is 5.69 Å². The molecule has 0 amide bonds. The van der Waals surface area contributed by atoms with Gasteiger partial charge in [0.15, 0.2) is 0 Å². The van der Waals surface area contributed by atoms with Crippen LogP contribution in [0, 0.1) is 10.1 Å². The highest BCUT2D eigenvalue weighted by Gasteiger charge is 2.15. The second kappa shape index (κ2) is 7.02. The predicted octanol–water partition coefficient (Wildman–Crippen LogP) is 2.82. The van der Waals surface area contributed by atoms with Gasteiger partial charge < -0.3 is 9.64 Å². The van der Waals surface area contributed by atoms with E-state index < -0.39 is 4.92 Å². The fourth-order valence-corrected chi connectivity index (χ4v) is 2.50. The number of pyridine rings is 1. The van der Waals surface area contributed by atoms with Crippen LogP contribution in [-0.2, 0) is 4.74 Å². The molecule has 6 nitrogen and oxygen atoms in total. The number of ether oxygens (including phenoxy) is 1. The molecule has 0 saturated carbocycles. The van der Waals surface area contributed by atoms with Gasteiger partial charge in [0.05, 0.1) is 23.8 Å². The van der Waals surface area contributed by atoms with Crippen molar-refractivity contribution in [1.82, 2.24) is 9.88 Å². The smallest absolute Gasteiger partial charge is 0.287 e. The summed E-state index contributed by atoms with van der Waals surface area (Å²) in [5, 5.41) is 10.7. The van der Waals surface area contributed by atoms with Gasteiger partial charge in [0.2, 0.25) is 0 Å². The van der Waals surface area contributed by atoms with Crippen LogP contribution in [-0.4, -0.2) is 41.1 Å². The van der Waals surface area contributed by atoms with E-state index in [9.17, 15) is 10.1 Å². The minimum Gasteiger partial charge on any atom is -0.378 e. The van der Waals surface area contributed by atoms with E-state index in [4.69, 9.17) is 4.74 Å². The van der Waals surface area contributed by atoms with E-state index >= 15 is 0 Å². The van der Waals surface area contributed by atoms with E-state index in [0.29, 0.717) is 18.9 Å². The molecule has 1 aromatic heterocycles. The quantitative estimate of drug-likeness (QED) is 0.641. The summed E-state index contributed by atoms with van der Waals surface area (Å²) >= 11 is 0. The molecule has 0 spiro atoms. The van der Waals surface area contributed by atoms with Gasteiger partial charge in [-0.3, -0.25) is 10.1 Å². The summed E-state index contributed by atoms with van der Waals surface area (Å²) in [6.45, 7) is 3.01. The van der Waals surface area contributed by atoms with Gasteiger partial charge in [0.1, 0.15) is 6.20 Å². The van der Waals surface area contributed by atoms with Gasteiger partial charge in [-0.05, 0) is 17.7 Å². The number of nitrogens with zero attached hydrogens (tertiary/aromatic N) is 3. The minimum atomic E-state index is -0.444. The van der Waals surface area contributed by atoms with Crippen LogP contribution in [0.4, 0.5) is 5.69 Å². The third-order valence-electron chi connectivity index (χ3n) is 3.69. The monoisotopic (exact) mass is 311 g/mol. The Balaban J connectivity index is 1.95.